The summed E-state index contributed by atoms with van der Waals surface area (Å²) in [7, 11) is 0. The van der Waals surface area contributed by atoms with Crippen molar-refractivity contribution in [1.29, 1.82) is 0 Å². The van der Waals surface area contributed by atoms with E-state index in [2.05, 4.69) is 28.8 Å². The third kappa shape index (κ3) is 6.28. The third-order valence-electron chi connectivity index (χ3n) is 6.68. The molecule has 1 atom stereocenters. The maximum absolute atomic E-state index is 13.3. The minimum Gasteiger partial charge on any atom is -0.480 e. The highest BCUT2D eigenvalue weighted by atomic mass is 35.5. The van der Waals surface area contributed by atoms with Gasteiger partial charge in [0, 0.05) is 23.7 Å². The monoisotopic (exact) mass is 534 g/mol. The highest BCUT2D eigenvalue weighted by molar-refractivity contribution is 6.31. The zero-order chi connectivity index (χ0) is 27.2. The molecule has 1 amide bonds. The van der Waals surface area contributed by atoms with E-state index in [1.54, 1.807) is 18.2 Å². The number of halogens is 1. The molecule has 1 unspecified atom stereocenters. The second-order valence-corrected chi connectivity index (χ2v) is 9.75. The van der Waals surface area contributed by atoms with Crippen molar-refractivity contribution < 1.29 is 14.7 Å². The normalized spacial score (nSPS) is 11.6. The van der Waals surface area contributed by atoms with Crippen molar-refractivity contribution in [3.63, 3.8) is 0 Å². The first-order valence-corrected chi connectivity index (χ1v) is 13.0. The number of fused-ring (bicyclic) bond motifs is 1. The van der Waals surface area contributed by atoms with Crippen LogP contribution in [0.1, 0.15) is 21.5 Å². The van der Waals surface area contributed by atoms with Crippen LogP contribution in [0, 0.1) is 0 Å². The number of carbonyl (C=O) groups excluding carboxylic acids is 1. The average molecular weight is 535 g/mol. The zero-order valence-electron chi connectivity index (χ0n) is 21.1. The summed E-state index contributed by atoms with van der Waals surface area (Å²) >= 11 is 6.23. The molecule has 5 aromatic carbocycles. The highest BCUT2D eigenvalue weighted by Gasteiger charge is 2.23. The minimum atomic E-state index is -1.11. The van der Waals surface area contributed by atoms with E-state index in [1.165, 1.54) is 0 Å². The van der Waals surface area contributed by atoms with Gasteiger partial charge in [-0.3, -0.25) is 4.79 Å². The van der Waals surface area contributed by atoms with Crippen molar-refractivity contribution in [1.82, 2.24) is 5.32 Å². The molecule has 0 spiro atoms. The van der Waals surface area contributed by atoms with Gasteiger partial charge in [0.15, 0.2) is 0 Å². The summed E-state index contributed by atoms with van der Waals surface area (Å²) in [6.45, 7) is 0.486. The lowest BCUT2D eigenvalue weighted by molar-refractivity contribution is -0.139. The van der Waals surface area contributed by atoms with Crippen LogP contribution < -0.4 is 10.6 Å². The number of hydrogen-bond acceptors (Lipinski definition) is 3. The van der Waals surface area contributed by atoms with Crippen LogP contribution in [0.5, 0.6) is 0 Å². The number of hydrogen-bond donors (Lipinski definition) is 3. The van der Waals surface area contributed by atoms with Gasteiger partial charge in [0.2, 0.25) is 0 Å². The Morgan fingerprint density at radius 3 is 2.23 bits per heavy atom. The van der Waals surface area contributed by atoms with Crippen LogP contribution in [0.4, 0.5) is 5.69 Å². The summed E-state index contributed by atoms with van der Waals surface area (Å²) in [5, 5.41) is 18.5. The van der Waals surface area contributed by atoms with E-state index in [1.807, 2.05) is 78.9 Å². The number of anilines is 1. The van der Waals surface area contributed by atoms with E-state index >= 15 is 0 Å². The van der Waals surface area contributed by atoms with Crippen LogP contribution in [0.15, 0.2) is 115 Å². The summed E-state index contributed by atoms with van der Waals surface area (Å²) in [5.41, 5.74) is 4.86. The average Bonchev–Trinajstić information content (AvgIpc) is 2.97. The van der Waals surface area contributed by atoms with Crippen molar-refractivity contribution in [2.75, 3.05) is 5.32 Å². The van der Waals surface area contributed by atoms with E-state index < -0.39 is 17.9 Å². The first kappa shape index (κ1) is 26.0. The Bertz CT molecular complexity index is 1610. The molecule has 0 saturated carbocycles. The molecule has 0 aliphatic carbocycles. The SMILES string of the molecule is O=C(NC(Cc1ccc(-c2ccccc2)cc1)C(=O)O)c1cc(Cl)ccc1NCc1cccc2ccccc12. The number of carboxylic acids is 1. The third-order valence-corrected chi connectivity index (χ3v) is 6.91. The molecule has 0 fully saturated rings. The van der Waals surface area contributed by atoms with Crippen molar-refractivity contribution in [3.8, 4) is 11.1 Å². The standard InChI is InChI=1S/C33H27ClN2O3/c34-27-17-18-30(35-21-26-11-6-10-25-9-4-5-12-28(25)26)29(20-27)32(37)36-31(33(38)39)19-22-13-15-24(16-14-22)23-7-2-1-3-8-23/h1-18,20,31,35H,19,21H2,(H,36,37)(H,38,39). The predicted molar refractivity (Wildman–Crippen MR) is 157 cm³/mol. The highest BCUT2D eigenvalue weighted by Crippen LogP contribution is 2.25. The molecule has 0 bridgehead atoms. The number of benzene rings is 5. The quantitative estimate of drug-likeness (QED) is 0.187. The van der Waals surface area contributed by atoms with E-state index in [0.29, 0.717) is 17.3 Å². The van der Waals surface area contributed by atoms with Gasteiger partial charge >= 0.3 is 5.97 Å². The first-order valence-electron chi connectivity index (χ1n) is 12.7. The smallest absolute Gasteiger partial charge is 0.326 e. The molecule has 0 radical (unpaired) electrons. The molecule has 3 N–H and O–H groups in total. The fourth-order valence-electron chi connectivity index (χ4n) is 4.63. The van der Waals surface area contributed by atoms with Crippen LogP contribution in [0.25, 0.3) is 21.9 Å². The van der Waals surface area contributed by atoms with Crippen molar-refractivity contribution in [3.05, 3.63) is 137 Å². The molecule has 0 aliphatic rings. The number of amides is 1. The van der Waals surface area contributed by atoms with Crippen LogP contribution in [0.3, 0.4) is 0 Å². The lowest BCUT2D eigenvalue weighted by Crippen LogP contribution is -2.42. The predicted octanol–water partition coefficient (Wildman–Crippen LogP) is 7.20. The molecule has 0 saturated heterocycles. The summed E-state index contributed by atoms with van der Waals surface area (Å²) in [4.78, 5) is 25.4. The number of aliphatic carboxylic acids is 1. The molecule has 0 aromatic heterocycles. The molecule has 5 aromatic rings. The molecule has 5 rings (SSSR count). The molecule has 0 heterocycles. The van der Waals surface area contributed by atoms with Crippen LogP contribution in [-0.4, -0.2) is 23.0 Å². The van der Waals surface area contributed by atoms with E-state index in [9.17, 15) is 14.7 Å². The lowest BCUT2D eigenvalue weighted by Gasteiger charge is -2.18. The molecule has 39 heavy (non-hydrogen) atoms. The Labute approximate surface area is 232 Å². The van der Waals surface area contributed by atoms with Crippen LogP contribution in [0.2, 0.25) is 5.02 Å². The first-order chi connectivity index (χ1) is 19.0. The maximum Gasteiger partial charge on any atom is 0.326 e. The Morgan fingerprint density at radius 2 is 1.46 bits per heavy atom. The Hall–Kier alpha value is -4.61. The molecule has 6 heteroatoms. The summed E-state index contributed by atoms with van der Waals surface area (Å²) in [5.74, 6) is -1.62. The van der Waals surface area contributed by atoms with E-state index in [-0.39, 0.29) is 12.0 Å². The maximum atomic E-state index is 13.3. The minimum absolute atomic E-state index is 0.148. The lowest BCUT2D eigenvalue weighted by atomic mass is 10.0. The van der Waals surface area contributed by atoms with E-state index in [4.69, 9.17) is 11.6 Å². The van der Waals surface area contributed by atoms with Crippen molar-refractivity contribution in [2.24, 2.45) is 0 Å². The second-order valence-electron chi connectivity index (χ2n) is 9.31. The van der Waals surface area contributed by atoms with Crippen LogP contribution >= 0.6 is 11.6 Å². The zero-order valence-corrected chi connectivity index (χ0v) is 21.9. The number of nitrogens with one attached hydrogen (secondary N) is 2. The van der Waals surface area contributed by atoms with Gasteiger partial charge in [0.25, 0.3) is 5.91 Å². The fourth-order valence-corrected chi connectivity index (χ4v) is 4.80. The summed E-state index contributed by atoms with van der Waals surface area (Å²) in [6.07, 6.45) is 0.148. The number of rotatable bonds is 9. The summed E-state index contributed by atoms with van der Waals surface area (Å²) in [6, 6.07) is 35.7. The number of carboxylic acid groups (broad SMARTS) is 1. The van der Waals surface area contributed by atoms with Crippen LogP contribution in [-0.2, 0) is 17.8 Å². The van der Waals surface area contributed by atoms with Crippen molar-refractivity contribution in [2.45, 2.75) is 19.0 Å². The Balaban J connectivity index is 1.31. The van der Waals surface area contributed by atoms with Gasteiger partial charge in [-0.15, -0.1) is 0 Å². The molecular weight excluding hydrogens is 508 g/mol. The fraction of sp³-hybridized carbons (Fsp3) is 0.0909. The van der Waals surface area contributed by atoms with E-state index in [0.717, 1.165) is 33.0 Å². The largest absolute Gasteiger partial charge is 0.480 e. The second kappa shape index (κ2) is 11.8. The van der Waals surface area contributed by atoms with Gasteiger partial charge in [-0.1, -0.05) is 109 Å². The number of carbonyl (C=O) groups is 2. The van der Waals surface area contributed by atoms with Crippen molar-refractivity contribution >= 4 is 39.9 Å². The topological polar surface area (TPSA) is 78.4 Å². The van der Waals surface area contributed by atoms with Gasteiger partial charge in [-0.05, 0) is 51.2 Å². The Kier molecular flexibility index (Phi) is 7.90. The molecule has 0 aliphatic heterocycles. The van der Waals surface area contributed by atoms with Gasteiger partial charge in [0.1, 0.15) is 6.04 Å². The van der Waals surface area contributed by atoms with Gasteiger partial charge in [-0.2, -0.15) is 0 Å². The van der Waals surface area contributed by atoms with Gasteiger partial charge in [-0.25, -0.2) is 4.79 Å². The molecule has 194 valence electrons. The van der Waals surface area contributed by atoms with Gasteiger partial charge in [0.05, 0.1) is 5.56 Å². The molecule has 5 nitrogen and oxygen atoms in total. The van der Waals surface area contributed by atoms with Gasteiger partial charge < -0.3 is 15.7 Å². The Morgan fingerprint density at radius 1 is 0.769 bits per heavy atom. The molecular formula is C33H27ClN2O3. The summed E-state index contributed by atoms with van der Waals surface area (Å²) < 4.78 is 0.